The highest BCUT2D eigenvalue weighted by Crippen LogP contribution is 2.45. The van der Waals surface area contributed by atoms with Crippen molar-refractivity contribution in [1.82, 2.24) is 10.4 Å². The van der Waals surface area contributed by atoms with E-state index in [2.05, 4.69) is 20.8 Å². The van der Waals surface area contributed by atoms with Crippen LogP contribution in [0.4, 0.5) is 20.7 Å². The molecular formula is C22H24FN7O2. The number of nitrogens with two attached hydrogens (primary N) is 1. The van der Waals surface area contributed by atoms with Gasteiger partial charge < -0.3 is 31.3 Å². The van der Waals surface area contributed by atoms with Crippen LogP contribution in [-0.4, -0.2) is 49.4 Å². The molecule has 10 heteroatoms. The van der Waals surface area contributed by atoms with Crippen molar-refractivity contribution in [1.29, 1.82) is 0 Å². The molecule has 4 heterocycles. The number of carbonyl (C=O) groups is 1. The van der Waals surface area contributed by atoms with Gasteiger partial charge in [0.25, 0.3) is 0 Å². The summed E-state index contributed by atoms with van der Waals surface area (Å²) < 4.78 is 20.4. The zero-order valence-electron chi connectivity index (χ0n) is 17.3. The number of fused-ring (bicyclic) bond motifs is 1. The number of halogens is 1. The lowest BCUT2D eigenvalue weighted by atomic mass is 10.1. The summed E-state index contributed by atoms with van der Waals surface area (Å²) in [5.74, 6) is 1.65. The van der Waals surface area contributed by atoms with Crippen molar-refractivity contribution < 1.29 is 18.9 Å². The molecule has 1 aromatic carbocycles. The van der Waals surface area contributed by atoms with Crippen LogP contribution in [0.1, 0.15) is 0 Å². The Morgan fingerprint density at radius 2 is 2.09 bits per heavy atom. The zero-order chi connectivity index (χ0) is 21.8. The summed E-state index contributed by atoms with van der Waals surface area (Å²) in [6.07, 6.45) is 4.46. The van der Waals surface area contributed by atoms with Gasteiger partial charge in [-0.15, -0.1) is 0 Å². The van der Waals surface area contributed by atoms with Gasteiger partial charge in [0, 0.05) is 42.7 Å². The molecule has 5 atom stereocenters. The lowest BCUT2D eigenvalue weighted by Gasteiger charge is -2.23. The van der Waals surface area contributed by atoms with Crippen molar-refractivity contribution >= 4 is 17.6 Å². The average Bonchev–Trinajstić information content (AvgIpc) is 3.30. The number of anilines is 2. The molecule has 3 fully saturated rings. The molecule has 6 rings (SSSR count). The van der Waals surface area contributed by atoms with Crippen LogP contribution in [0.15, 0.2) is 48.9 Å². The molecule has 0 spiro atoms. The molecule has 9 nitrogen and oxygen atoms in total. The van der Waals surface area contributed by atoms with Gasteiger partial charge in [0.15, 0.2) is 6.10 Å². The van der Waals surface area contributed by atoms with Crippen LogP contribution < -0.4 is 26.0 Å². The van der Waals surface area contributed by atoms with Crippen LogP contribution in [0, 0.1) is 17.7 Å². The van der Waals surface area contributed by atoms with E-state index in [1.54, 1.807) is 24.5 Å². The number of quaternary nitrogens is 1. The number of ether oxygens (including phenoxy) is 1. The normalized spacial score (nSPS) is 30.4. The van der Waals surface area contributed by atoms with E-state index < -0.39 is 11.9 Å². The van der Waals surface area contributed by atoms with E-state index in [-0.39, 0.29) is 6.10 Å². The monoisotopic (exact) mass is 437 g/mol. The van der Waals surface area contributed by atoms with Crippen LogP contribution in [-0.2, 0) is 4.74 Å². The third-order valence-electron chi connectivity index (χ3n) is 6.78. The number of amides is 1. The molecule has 32 heavy (non-hydrogen) atoms. The van der Waals surface area contributed by atoms with Gasteiger partial charge in [-0.2, -0.15) is 0 Å². The summed E-state index contributed by atoms with van der Waals surface area (Å²) >= 11 is 0. The Labute approximate surface area is 184 Å². The fraction of sp³-hybridized carbons (Fsp3) is 0.364. The van der Waals surface area contributed by atoms with E-state index in [9.17, 15) is 9.18 Å². The highest BCUT2D eigenvalue weighted by molar-refractivity contribution is 5.90. The van der Waals surface area contributed by atoms with Crippen molar-refractivity contribution in [2.45, 2.75) is 12.1 Å². The van der Waals surface area contributed by atoms with E-state index in [1.165, 1.54) is 11.0 Å². The molecule has 1 aliphatic carbocycles. The Balaban J connectivity index is 1.14. The molecule has 1 amide bonds. The molecule has 4 N–H and O–H groups in total. The molecule has 2 saturated heterocycles. The van der Waals surface area contributed by atoms with Crippen LogP contribution in [0.25, 0.3) is 16.7 Å². The first-order valence-corrected chi connectivity index (χ1v) is 10.8. The minimum absolute atomic E-state index is 0.323. The van der Waals surface area contributed by atoms with Crippen LogP contribution in [0.5, 0.6) is 0 Å². The van der Waals surface area contributed by atoms with Gasteiger partial charge >= 0.3 is 6.09 Å². The number of hydrogen-bond acceptors (Lipinski definition) is 6. The summed E-state index contributed by atoms with van der Waals surface area (Å²) in [5, 5.41) is 0.816. The van der Waals surface area contributed by atoms with Crippen LogP contribution >= 0.6 is 0 Å². The Morgan fingerprint density at radius 1 is 1.25 bits per heavy atom. The molecule has 0 bridgehead atoms. The SMILES string of the molecule is NC1[C@H]2CN(c3ccc(-c4ccc(N5C[C@H](C[NH+]6C=CN[N-]6)OC5=O)cc4F)cn3)C[C@@H]12. The Hall–Kier alpha value is -3.21. The van der Waals surface area contributed by atoms with Gasteiger partial charge in [-0.25, -0.2) is 14.2 Å². The van der Waals surface area contributed by atoms with Crippen LogP contribution in [0.3, 0.4) is 0 Å². The molecule has 166 valence electrons. The Morgan fingerprint density at radius 3 is 2.78 bits per heavy atom. The first-order chi connectivity index (χ1) is 15.6. The predicted octanol–water partition coefficient (Wildman–Crippen LogP) is 0.769. The summed E-state index contributed by atoms with van der Waals surface area (Å²) in [6, 6.07) is 8.94. The van der Waals surface area contributed by atoms with Crippen molar-refractivity contribution in [3.63, 3.8) is 0 Å². The van der Waals surface area contributed by atoms with Gasteiger partial charge in [-0.05, 0) is 42.2 Å². The number of cyclic esters (lactones) is 1. The molecule has 0 radical (unpaired) electrons. The van der Waals surface area contributed by atoms with Crippen molar-refractivity contribution in [3.8, 4) is 11.1 Å². The lowest BCUT2D eigenvalue weighted by Crippen LogP contribution is -3.04. The number of hydrogen-bond donors (Lipinski definition) is 3. The van der Waals surface area contributed by atoms with Crippen molar-refractivity contribution in [2.24, 2.45) is 17.6 Å². The maximum atomic E-state index is 15.0. The van der Waals surface area contributed by atoms with Gasteiger partial charge in [-0.1, -0.05) is 0 Å². The summed E-state index contributed by atoms with van der Waals surface area (Å²) in [5.41, 5.74) is 14.5. The van der Waals surface area contributed by atoms with E-state index in [4.69, 9.17) is 10.5 Å². The number of nitrogens with zero attached hydrogens (tertiary/aromatic N) is 4. The number of nitrogens with one attached hydrogen (secondary N) is 2. The second-order valence-corrected chi connectivity index (χ2v) is 8.77. The second-order valence-electron chi connectivity index (χ2n) is 8.77. The van der Waals surface area contributed by atoms with Gasteiger partial charge in [0.05, 0.1) is 12.2 Å². The molecule has 1 saturated carbocycles. The minimum atomic E-state index is -0.480. The largest absolute Gasteiger partial charge is 0.441 e. The topological polar surface area (TPSA) is 102 Å². The first-order valence-electron chi connectivity index (χ1n) is 10.8. The summed E-state index contributed by atoms with van der Waals surface area (Å²) in [6.45, 7) is 2.74. The Kier molecular flexibility index (Phi) is 4.53. The number of aromatic nitrogens is 1. The predicted molar refractivity (Wildman–Crippen MR) is 116 cm³/mol. The van der Waals surface area contributed by atoms with E-state index in [1.807, 2.05) is 18.3 Å². The van der Waals surface area contributed by atoms with Crippen molar-refractivity contribution in [2.75, 3.05) is 36.0 Å². The smallest absolute Gasteiger partial charge is 0.414 e. The number of piperidine rings is 1. The van der Waals surface area contributed by atoms with Gasteiger partial charge in [0.2, 0.25) is 0 Å². The number of benzene rings is 1. The second kappa shape index (κ2) is 7.44. The van der Waals surface area contributed by atoms with E-state index in [0.717, 1.165) is 23.9 Å². The maximum Gasteiger partial charge on any atom is 0.414 e. The lowest BCUT2D eigenvalue weighted by molar-refractivity contribution is -0.807. The molecule has 2 unspecified atom stereocenters. The average molecular weight is 437 g/mol. The molecule has 1 aromatic heterocycles. The fourth-order valence-electron chi connectivity index (χ4n) is 4.87. The summed E-state index contributed by atoms with van der Waals surface area (Å²) in [7, 11) is 0. The molecule has 3 aliphatic heterocycles. The molecular weight excluding hydrogens is 413 g/mol. The van der Waals surface area contributed by atoms with E-state index in [0.29, 0.717) is 47.8 Å². The third-order valence-corrected chi connectivity index (χ3v) is 6.78. The number of pyridine rings is 1. The standard InChI is InChI=1S/C22H24FN7O2/c23-19-7-14(30-10-15(32-22(30)31)9-29-6-5-26-27-29)2-3-16(19)13-1-4-20(25-8-13)28-11-17-18(12-28)21(17)24/h1-8,15,17-18,21,26,29H,9-12,24H2/t15-,17-,18+,21?/m0/s1. The summed E-state index contributed by atoms with van der Waals surface area (Å²) in [4.78, 5) is 20.6. The fourth-order valence-corrected chi connectivity index (χ4v) is 4.87. The number of rotatable bonds is 5. The van der Waals surface area contributed by atoms with Gasteiger partial charge in [-0.3, -0.25) is 4.90 Å². The minimum Gasteiger partial charge on any atom is -0.441 e. The first kappa shape index (κ1) is 19.5. The van der Waals surface area contributed by atoms with Crippen molar-refractivity contribution in [3.05, 3.63) is 60.3 Å². The van der Waals surface area contributed by atoms with Gasteiger partial charge in [0.1, 0.15) is 24.4 Å². The third kappa shape index (κ3) is 3.36. The quantitative estimate of drug-likeness (QED) is 0.639. The van der Waals surface area contributed by atoms with E-state index >= 15 is 0 Å². The zero-order valence-corrected chi connectivity index (χ0v) is 17.3. The maximum absolute atomic E-state index is 15.0. The molecule has 2 aromatic rings. The highest BCUT2D eigenvalue weighted by Gasteiger charge is 2.53. The Bertz CT molecular complexity index is 1070. The highest BCUT2D eigenvalue weighted by atomic mass is 19.1. The molecule has 4 aliphatic rings. The number of carbonyl (C=O) groups excluding carboxylic acids is 1. The van der Waals surface area contributed by atoms with Crippen LogP contribution in [0.2, 0.25) is 0 Å².